The number of urea groups is 1. The highest BCUT2D eigenvalue weighted by atomic mass is 35.5. The van der Waals surface area contributed by atoms with Gasteiger partial charge in [0.1, 0.15) is 10.3 Å². The number of anilines is 1. The van der Waals surface area contributed by atoms with E-state index in [-0.39, 0.29) is 6.03 Å². The Morgan fingerprint density at radius 3 is 2.71 bits per heavy atom. The fraction of sp³-hybridized carbons (Fsp3) is 0.200. The molecule has 2 amide bonds. The van der Waals surface area contributed by atoms with E-state index in [1.54, 1.807) is 29.0 Å². The van der Waals surface area contributed by atoms with Gasteiger partial charge in [-0.15, -0.1) is 0 Å². The highest BCUT2D eigenvalue weighted by molar-refractivity contribution is 6.32. The summed E-state index contributed by atoms with van der Waals surface area (Å²) in [6.07, 6.45) is 0. The zero-order valence-electron chi connectivity index (χ0n) is 11.4. The van der Waals surface area contributed by atoms with Crippen LogP contribution in [-0.2, 0) is 13.1 Å². The van der Waals surface area contributed by atoms with E-state index in [1.807, 2.05) is 24.3 Å². The fourth-order valence-electron chi connectivity index (χ4n) is 2.42. The van der Waals surface area contributed by atoms with Crippen LogP contribution < -0.4 is 4.90 Å². The molecule has 0 bridgehead atoms. The van der Waals surface area contributed by atoms with Gasteiger partial charge in [-0.1, -0.05) is 47.5 Å². The maximum Gasteiger partial charge on any atom is 0.324 e. The molecule has 1 aromatic heterocycles. The second kappa shape index (κ2) is 5.54. The third-order valence-electron chi connectivity index (χ3n) is 3.47. The van der Waals surface area contributed by atoms with Gasteiger partial charge >= 0.3 is 6.03 Å². The van der Waals surface area contributed by atoms with Crippen molar-refractivity contribution in [2.24, 2.45) is 0 Å². The lowest BCUT2D eigenvalue weighted by Gasteiger charge is -2.35. The van der Waals surface area contributed by atoms with Crippen LogP contribution in [0.3, 0.4) is 0 Å². The van der Waals surface area contributed by atoms with Crippen LogP contribution in [0.5, 0.6) is 0 Å². The Kier molecular flexibility index (Phi) is 3.74. The van der Waals surface area contributed by atoms with Gasteiger partial charge in [-0.05, 0) is 17.7 Å². The second-order valence-electron chi connectivity index (χ2n) is 4.94. The molecule has 0 radical (unpaired) electrons. The smallest absolute Gasteiger partial charge is 0.323 e. The maximum absolute atomic E-state index is 12.4. The lowest BCUT2D eigenvalue weighted by atomic mass is 10.1. The van der Waals surface area contributed by atoms with Crippen LogP contribution in [0.25, 0.3) is 0 Å². The van der Waals surface area contributed by atoms with E-state index in [1.165, 1.54) is 0 Å². The van der Waals surface area contributed by atoms with Crippen LogP contribution in [0.4, 0.5) is 10.5 Å². The Labute approximate surface area is 132 Å². The summed E-state index contributed by atoms with van der Waals surface area (Å²) < 4.78 is 0. The summed E-state index contributed by atoms with van der Waals surface area (Å²) in [6.45, 7) is 0.974. The summed E-state index contributed by atoms with van der Waals surface area (Å²) in [4.78, 5) is 19.8. The molecule has 0 fully saturated rings. The summed E-state index contributed by atoms with van der Waals surface area (Å²) in [5, 5.41) is 0.659. The molecule has 1 aromatic carbocycles. The maximum atomic E-state index is 12.4. The summed E-state index contributed by atoms with van der Waals surface area (Å²) >= 11 is 11.9. The lowest BCUT2D eigenvalue weighted by Crippen LogP contribution is -2.44. The molecule has 108 valence electrons. The van der Waals surface area contributed by atoms with E-state index in [9.17, 15) is 4.79 Å². The zero-order valence-corrected chi connectivity index (χ0v) is 12.9. The Morgan fingerprint density at radius 1 is 1.19 bits per heavy atom. The molecule has 3 rings (SSSR count). The number of fused-ring (bicyclic) bond motifs is 1. The molecule has 2 aromatic rings. The number of pyridine rings is 1. The topological polar surface area (TPSA) is 36.4 Å². The monoisotopic (exact) mass is 321 g/mol. The summed E-state index contributed by atoms with van der Waals surface area (Å²) in [7, 11) is 1.78. The van der Waals surface area contributed by atoms with Gasteiger partial charge < -0.3 is 4.90 Å². The molecule has 1 aliphatic heterocycles. The van der Waals surface area contributed by atoms with Crippen molar-refractivity contribution in [1.82, 2.24) is 9.88 Å². The number of amides is 2. The third kappa shape index (κ3) is 2.69. The Balaban J connectivity index is 1.99. The molecular weight excluding hydrogens is 309 g/mol. The Hall–Kier alpha value is -1.78. The average Bonchev–Trinajstić information content (AvgIpc) is 2.46. The van der Waals surface area contributed by atoms with Gasteiger partial charge in [0.15, 0.2) is 0 Å². The minimum Gasteiger partial charge on any atom is -0.323 e. The molecule has 0 N–H and O–H groups in total. The molecule has 2 heterocycles. The van der Waals surface area contributed by atoms with Gasteiger partial charge in [0.25, 0.3) is 0 Å². The first kappa shape index (κ1) is 14.2. The van der Waals surface area contributed by atoms with Crippen molar-refractivity contribution in [2.75, 3.05) is 11.9 Å². The first-order chi connectivity index (χ1) is 10.1. The molecular formula is C15H13Cl2N3O. The number of benzene rings is 1. The van der Waals surface area contributed by atoms with Gasteiger partial charge in [-0.25, -0.2) is 9.78 Å². The second-order valence-corrected chi connectivity index (χ2v) is 5.68. The van der Waals surface area contributed by atoms with Gasteiger partial charge in [-0.3, -0.25) is 4.90 Å². The fourth-order valence-corrected chi connectivity index (χ4v) is 2.83. The number of hydrogen-bond acceptors (Lipinski definition) is 2. The first-order valence-corrected chi connectivity index (χ1v) is 7.23. The largest absolute Gasteiger partial charge is 0.324 e. The number of nitrogens with zero attached hydrogens (tertiary/aromatic N) is 3. The minimum absolute atomic E-state index is 0.0558. The van der Waals surface area contributed by atoms with Gasteiger partial charge in [0.2, 0.25) is 0 Å². The highest BCUT2D eigenvalue weighted by Crippen LogP contribution is 2.30. The Morgan fingerprint density at radius 2 is 1.95 bits per heavy atom. The quantitative estimate of drug-likeness (QED) is 0.785. The first-order valence-electron chi connectivity index (χ1n) is 6.47. The molecule has 0 aliphatic carbocycles. The summed E-state index contributed by atoms with van der Waals surface area (Å²) in [5.74, 6) is 0. The molecule has 0 unspecified atom stereocenters. The number of para-hydroxylation sites is 1. The predicted octanol–water partition coefficient (Wildman–Crippen LogP) is 3.96. The van der Waals surface area contributed by atoms with E-state index >= 15 is 0 Å². The number of halogens is 2. The van der Waals surface area contributed by atoms with Gasteiger partial charge in [-0.2, -0.15) is 0 Å². The van der Waals surface area contributed by atoms with Crippen LogP contribution in [0.1, 0.15) is 11.1 Å². The van der Waals surface area contributed by atoms with E-state index in [2.05, 4.69) is 4.98 Å². The molecule has 0 saturated carbocycles. The normalized spacial score (nSPS) is 14.3. The zero-order chi connectivity index (χ0) is 15.0. The van der Waals surface area contributed by atoms with E-state index < -0.39 is 0 Å². The molecule has 0 saturated heterocycles. The number of hydrogen-bond donors (Lipinski definition) is 0. The van der Waals surface area contributed by atoms with Gasteiger partial charge in [0, 0.05) is 19.2 Å². The third-order valence-corrected chi connectivity index (χ3v) is 4.01. The predicted molar refractivity (Wildman–Crippen MR) is 83.7 cm³/mol. The number of rotatable bonds is 2. The molecule has 4 nitrogen and oxygen atoms in total. The molecule has 6 heteroatoms. The van der Waals surface area contributed by atoms with Crippen molar-refractivity contribution >= 4 is 34.9 Å². The average molecular weight is 322 g/mol. The van der Waals surface area contributed by atoms with Crippen molar-refractivity contribution in [2.45, 2.75) is 13.1 Å². The molecule has 0 atom stereocenters. The Bertz CT molecular complexity index is 705. The number of carbonyl (C=O) groups is 1. The van der Waals surface area contributed by atoms with Crippen molar-refractivity contribution in [3.63, 3.8) is 0 Å². The van der Waals surface area contributed by atoms with Crippen LogP contribution in [0.2, 0.25) is 10.3 Å². The van der Waals surface area contributed by atoms with E-state index in [0.717, 1.165) is 16.8 Å². The molecule has 0 spiro atoms. The van der Waals surface area contributed by atoms with Crippen LogP contribution in [-0.4, -0.2) is 23.0 Å². The van der Waals surface area contributed by atoms with E-state index in [0.29, 0.717) is 23.4 Å². The van der Waals surface area contributed by atoms with Crippen molar-refractivity contribution in [3.05, 3.63) is 57.8 Å². The summed E-state index contributed by atoms with van der Waals surface area (Å²) in [6, 6.07) is 11.3. The van der Waals surface area contributed by atoms with Gasteiger partial charge in [0.05, 0.1) is 12.2 Å². The summed E-state index contributed by atoms with van der Waals surface area (Å²) in [5.41, 5.74) is 2.78. The van der Waals surface area contributed by atoms with Crippen molar-refractivity contribution in [3.8, 4) is 0 Å². The van der Waals surface area contributed by atoms with E-state index in [4.69, 9.17) is 23.2 Å². The molecule has 21 heavy (non-hydrogen) atoms. The van der Waals surface area contributed by atoms with Crippen LogP contribution >= 0.6 is 23.2 Å². The van der Waals surface area contributed by atoms with Crippen molar-refractivity contribution < 1.29 is 4.79 Å². The highest BCUT2D eigenvalue weighted by Gasteiger charge is 2.28. The standard InChI is InChI=1S/C15H13Cl2N3O/c1-19-8-10-4-2-3-5-12(10)20(15(19)21)9-11-6-7-13(16)18-14(11)17/h2-7H,8-9H2,1H3. The van der Waals surface area contributed by atoms with Crippen LogP contribution in [0.15, 0.2) is 36.4 Å². The minimum atomic E-state index is -0.0558. The number of carbonyl (C=O) groups excluding carboxylic acids is 1. The number of aromatic nitrogens is 1. The van der Waals surface area contributed by atoms with Crippen molar-refractivity contribution in [1.29, 1.82) is 0 Å². The lowest BCUT2D eigenvalue weighted by molar-refractivity contribution is 0.210. The SMILES string of the molecule is CN1Cc2ccccc2N(Cc2ccc(Cl)nc2Cl)C1=O. The molecule has 1 aliphatic rings. The van der Waals surface area contributed by atoms with Crippen LogP contribution in [0, 0.1) is 0 Å².